The molecule has 2 aromatic rings. The summed E-state index contributed by atoms with van der Waals surface area (Å²) in [6, 6.07) is 3.86. The van der Waals surface area contributed by atoms with Crippen LogP contribution in [0, 0.1) is 0 Å². The Labute approximate surface area is 125 Å². The van der Waals surface area contributed by atoms with E-state index >= 15 is 0 Å². The molecule has 0 amide bonds. The molecule has 0 saturated carbocycles. The fourth-order valence-corrected chi connectivity index (χ4v) is 4.22. The van der Waals surface area contributed by atoms with Gasteiger partial charge in [0.05, 0.1) is 15.8 Å². The van der Waals surface area contributed by atoms with Crippen LogP contribution in [-0.2, 0) is 11.6 Å². The number of thiazole rings is 1. The van der Waals surface area contributed by atoms with E-state index in [2.05, 4.69) is 17.2 Å². The molecule has 1 aromatic heterocycles. The Kier molecular flexibility index (Phi) is 3.69. The van der Waals surface area contributed by atoms with Crippen LogP contribution in [0.2, 0.25) is 0 Å². The summed E-state index contributed by atoms with van der Waals surface area (Å²) in [4.78, 5) is 4.54. The number of halogens is 3. The Morgan fingerprint density at radius 1 is 1.29 bits per heavy atom. The molecule has 2 nitrogen and oxygen atoms in total. The monoisotopic (exact) mass is 314 g/mol. The molecule has 114 valence electrons. The number of nitrogens with one attached hydrogen (secondary N) is 1. The first-order valence-electron chi connectivity index (χ1n) is 7.14. The van der Waals surface area contributed by atoms with Gasteiger partial charge >= 0.3 is 6.18 Å². The highest BCUT2D eigenvalue weighted by Gasteiger charge is 2.36. The molecule has 0 aliphatic carbocycles. The third-order valence-corrected chi connectivity index (χ3v) is 5.69. The summed E-state index contributed by atoms with van der Waals surface area (Å²) < 4.78 is 39.2. The molecule has 1 fully saturated rings. The lowest BCUT2D eigenvalue weighted by Crippen LogP contribution is -2.39. The third-order valence-electron chi connectivity index (χ3n) is 4.41. The summed E-state index contributed by atoms with van der Waals surface area (Å²) in [6.07, 6.45) is -1.35. The van der Waals surface area contributed by atoms with Gasteiger partial charge in [0.15, 0.2) is 0 Å². The average molecular weight is 314 g/mol. The molecule has 0 atom stereocenters. The van der Waals surface area contributed by atoms with Gasteiger partial charge < -0.3 is 5.32 Å². The number of alkyl halides is 3. The normalized spacial score (nSPS) is 19.0. The van der Waals surface area contributed by atoms with Crippen molar-refractivity contribution in [2.24, 2.45) is 0 Å². The van der Waals surface area contributed by atoms with Gasteiger partial charge in [0.2, 0.25) is 0 Å². The molecule has 0 bridgehead atoms. The van der Waals surface area contributed by atoms with E-state index in [9.17, 15) is 13.2 Å². The molecule has 0 radical (unpaired) electrons. The summed E-state index contributed by atoms with van der Waals surface area (Å²) in [5.74, 6) is 0. The second-order valence-corrected chi connectivity index (χ2v) is 6.61. The Bertz CT molecular complexity index is 642. The first-order valence-corrected chi connectivity index (χ1v) is 7.95. The summed E-state index contributed by atoms with van der Waals surface area (Å²) >= 11 is 1.54. The van der Waals surface area contributed by atoms with E-state index in [0.717, 1.165) is 48.1 Å². The molecule has 0 unspecified atom stereocenters. The number of hydrogen-bond acceptors (Lipinski definition) is 3. The number of nitrogens with zero attached hydrogens (tertiary/aromatic N) is 1. The molecule has 0 spiro atoms. The van der Waals surface area contributed by atoms with Gasteiger partial charge in [-0.05, 0) is 50.6 Å². The highest BCUT2D eigenvalue weighted by atomic mass is 32.1. The summed E-state index contributed by atoms with van der Waals surface area (Å²) in [5, 5.41) is 4.32. The van der Waals surface area contributed by atoms with Crippen LogP contribution in [0.1, 0.15) is 36.8 Å². The molecule has 1 aliphatic heterocycles. The van der Waals surface area contributed by atoms with Crippen molar-refractivity contribution in [1.82, 2.24) is 10.3 Å². The predicted octanol–water partition coefficient (Wildman–Crippen LogP) is 4.35. The first-order chi connectivity index (χ1) is 9.94. The van der Waals surface area contributed by atoms with Gasteiger partial charge in [0.1, 0.15) is 5.01 Å². The highest BCUT2D eigenvalue weighted by molar-refractivity contribution is 7.18. The van der Waals surface area contributed by atoms with E-state index in [0.29, 0.717) is 5.52 Å². The highest BCUT2D eigenvalue weighted by Crippen LogP contribution is 2.41. The third kappa shape index (κ3) is 2.66. The molecule has 1 aliphatic rings. The van der Waals surface area contributed by atoms with E-state index in [-0.39, 0.29) is 5.41 Å². The SMILES string of the molecule is CCC1(c2nc3cc(C(F)(F)F)ccc3s2)CCNCC1. The lowest BCUT2D eigenvalue weighted by Gasteiger charge is -2.34. The zero-order valence-corrected chi connectivity index (χ0v) is 12.6. The molecule has 21 heavy (non-hydrogen) atoms. The smallest absolute Gasteiger partial charge is 0.317 e. The van der Waals surface area contributed by atoms with Crippen LogP contribution in [0.15, 0.2) is 18.2 Å². The van der Waals surface area contributed by atoms with Gasteiger partial charge in [0.25, 0.3) is 0 Å². The van der Waals surface area contributed by atoms with Crippen molar-refractivity contribution in [3.63, 3.8) is 0 Å². The Morgan fingerprint density at radius 2 is 2.00 bits per heavy atom. The van der Waals surface area contributed by atoms with Crippen LogP contribution in [-0.4, -0.2) is 18.1 Å². The zero-order chi connectivity index (χ0) is 15.1. The molecular weight excluding hydrogens is 297 g/mol. The van der Waals surface area contributed by atoms with Gasteiger partial charge in [-0.25, -0.2) is 4.98 Å². The Balaban J connectivity index is 2.04. The van der Waals surface area contributed by atoms with Gasteiger partial charge in [-0.2, -0.15) is 13.2 Å². The van der Waals surface area contributed by atoms with E-state index in [1.54, 1.807) is 17.4 Å². The fraction of sp³-hybridized carbons (Fsp3) is 0.533. The Hall–Kier alpha value is -1.14. The average Bonchev–Trinajstić information content (AvgIpc) is 2.90. The summed E-state index contributed by atoms with van der Waals surface area (Å²) in [6.45, 7) is 4.02. The minimum absolute atomic E-state index is 0.0212. The molecular formula is C15H17F3N2S. The van der Waals surface area contributed by atoms with E-state index in [1.807, 2.05) is 0 Å². The second-order valence-electron chi connectivity index (χ2n) is 5.58. The number of benzene rings is 1. The second kappa shape index (κ2) is 5.25. The maximum absolute atomic E-state index is 12.8. The molecule has 1 saturated heterocycles. The first kappa shape index (κ1) is 14.8. The molecule has 3 rings (SSSR count). The van der Waals surface area contributed by atoms with E-state index in [4.69, 9.17) is 0 Å². The quantitative estimate of drug-likeness (QED) is 0.891. The molecule has 1 N–H and O–H groups in total. The van der Waals surface area contributed by atoms with Crippen LogP contribution < -0.4 is 5.32 Å². The minimum Gasteiger partial charge on any atom is -0.317 e. The predicted molar refractivity (Wildman–Crippen MR) is 78.7 cm³/mol. The lowest BCUT2D eigenvalue weighted by atomic mass is 9.77. The van der Waals surface area contributed by atoms with Crippen LogP contribution in [0.3, 0.4) is 0 Å². The maximum Gasteiger partial charge on any atom is 0.416 e. The van der Waals surface area contributed by atoms with Gasteiger partial charge in [-0.15, -0.1) is 11.3 Å². The molecule has 6 heteroatoms. The van der Waals surface area contributed by atoms with Crippen LogP contribution >= 0.6 is 11.3 Å². The van der Waals surface area contributed by atoms with E-state index in [1.165, 1.54) is 6.07 Å². The van der Waals surface area contributed by atoms with Crippen molar-refractivity contribution in [1.29, 1.82) is 0 Å². The zero-order valence-electron chi connectivity index (χ0n) is 11.8. The van der Waals surface area contributed by atoms with Crippen molar-refractivity contribution < 1.29 is 13.2 Å². The fourth-order valence-electron chi connectivity index (χ4n) is 2.95. The van der Waals surface area contributed by atoms with Crippen molar-refractivity contribution >= 4 is 21.6 Å². The van der Waals surface area contributed by atoms with Crippen LogP contribution in [0.4, 0.5) is 13.2 Å². The molecule has 2 heterocycles. The standard InChI is InChI=1S/C15H17F3N2S/c1-2-14(5-7-19-8-6-14)13-20-11-9-10(15(16,17)18)3-4-12(11)21-13/h3-4,9,19H,2,5-8H2,1H3. The summed E-state index contributed by atoms with van der Waals surface area (Å²) in [7, 11) is 0. The number of piperidine rings is 1. The number of rotatable bonds is 2. The van der Waals surface area contributed by atoms with Crippen LogP contribution in [0.25, 0.3) is 10.2 Å². The van der Waals surface area contributed by atoms with Crippen molar-refractivity contribution in [3.05, 3.63) is 28.8 Å². The van der Waals surface area contributed by atoms with Gasteiger partial charge in [0, 0.05) is 5.41 Å². The largest absolute Gasteiger partial charge is 0.416 e. The topological polar surface area (TPSA) is 24.9 Å². The lowest BCUT2D eigenvalue weighted by molar-refractivity contribution is -0.137. The van der Waals surface area contributed by atoms with Crippen molar-refractivity contribution in [2.75, 3.05) is 13.1 Å². The maximum atomic E-state index is 12.8. The van der Waals surface area contributed by atoms with Crippen molar-refractivity contribution in [3.8, 4) is 0 Å². The van der Waals surface area contributed by atoms with E-state index < -0.39 is 11.7 Å². The van der Waals surface area contributed by atoms with Crippen LogP contribution in [0.5, 0.6) is 0 Å². The number of hydrogen-bond donors (Lipinski definition) is 1. The van der Waals surface area contributed by atoms with Gasteiger partial charge in [-0.3, -0.25) is 0 Å². The minimum atomic E-state index is -4.31. The number of aromatic nitrogens is 1. The molecule has 1 aromatic carbocycles. The van der Waals surface area contributed by atoms with Gasteiger partial charge in [-0.1, -0.05) is 6.92 Å². The number of fused-ring (bicyclic) bond motifs is 1. The van der Waals surface area contributed by atoms with Crippen molar-refractivity contribution in [2.45, 2.75) is 37.8 Å². The Morgan fingerprint density at radius 3 is 2.62 bits per heavy atom. The summed E-state index contributed by atoms with van der Waals surface area (Å²) in [5.41, 5.74) is -0.133.